The number of likely N-dealkylation sites (tertiary alicyclic amines) is 1. The van der Waals surface area contributed by atoms with Gasteiger partial charge < -0.3 is 14.5 Å². The first kappa shape index (κ1) is 15.5. The van der Waals surface area contributed by atoms with Gasteiger partial charge in [0.05, 0.1) is 0 Å². The van der Waals surface area contributed by atoms with Crippen LogP contribution in [0.4, 0.5) is 0 Å². The Balaban J connectivity index is 1.53. The first-order valence-electron chi connectivity index (χ1n) is 7.66. The zero-order chi connectivity index (χ0) is 15.4. The topological polar surface area (TPSA) is 62.4 Å². The largest absolute Gasteiger partial charge is 0.396 e. The van der Waals surface area contributed by atoms with Gasteiger partial charge in [-0.2, -0.15) is 4.98 Å². The van der Waals surface area contributed by atoms with Crippen molar-refractivity contribution in [3.8, 4) is 11.4 Å². The standard InChI is InChI=1S/C16H20ClN3O2/c17-14-3-1-13(2-4-14)16-18-15(22-19-16)7-10-20-8-5-12(11-21)6-9-20/h1-4,12,21H,5-11H2. The predicted molar refractivity (Wildman–Crippen MR) is 84.7 cm³/mol. The van der Waals surface area contributed by atoms with E-state index < -0.39 is 0 Å². The van der Waals surface area contributed by atoms with E-state index in [1.807, 2.05) is 24.3 Å². The monoisotopic (exact) mass is 321 g/mol. The number of rotatable bonds is 5. The summed E-state index contributed by atoms with van der Waals surface area (Å²) < 4.78 is 5.32. The molecule has 0 saturated carbocycles. The third-order valence-electron chi connectivity index (χ3n) is 4.18. The molecule has 2 heterocycles. The van der Waals surface area contributed by atoms with Gasteiger partial charge in [-0.1, -0.05) is 16.8 Å². The highest BCUT2D eigenvalue weighted by atomic mass is 35.5. The SMILES string of the molecule is OCC1CCN(CCc2nc(-c3ccc(Cl)cc3)no2)CC1. The summed E-state index contributed by atoms with van der Waals surface area (Å²) in [5, 5.41) is 13.9. The van der Waals surface area contributed by atoms with E-state index in [1.165, 1.54) is 0 Å². The average Bonchev–Trinajstić information content (AvgIpc) is 3.03. The summed E-state index contributed by atoms with van der Waals surface area (Å²) in [6.45, 7) is 3.29. The molecule has 2 aromatic rings. The molecule has 3 rings (SSSR count). The molecular weight excluding hydrogens is 302 g/mol. The normalized spacial score (nSPS) is 17.0. The number of hydrogen-bond acceptors (Lipinski definition) is 5. The van der Waals surface area contributed by atoms with Gasteiger partial charge in [-0.3, -0.25) is 0 Å². The highest BCUT2D eigenvalue weighted by molar-refractivity contribution is 6.30. The Morgan fingerprint density at radius 1 is 1.23 bits per heavy atom. The smallest absolute Gasteiger partial charge is 0.228 e. The van der Waals surface area contributed by atoms with Gasteiger partial charge in [0.2, 0.25) is 11.7 Å². The lowest BCUT2D eigenvalue weighted by Gasteiger charge is -2.30. The van der Waals surface area contributed by atoms with Gasteiger partial charge in [0.25, 0.3) is 0 Å². The van der Waals surface area contributed by atoms with Crippen molar-refractivity contribution < 1.29 is 9.63 Å². The summed E-state index contributed by atoms with van der Waals surface area (Å²) >= 11 is 5.88. The molecule has 1 saturated heterocycles. The molecule has 0 radical (unpaired) electrons. The molecule has 1 aromatic carbocycles. The molecule has 1 N–H and O–H groups in total. The first-order chi connectivity index (χ1) is 10.7. The highest BCUT2D eigenvalue weighted by Gasteiger charge is 2.19. The van der Waals surface area contributed by atoms with Gasteiger partial charge in [-0.05, 0) is 56.1 Å². The number of benzene rings is 1. The van der Waals surface area contributed by atoms with Crippen LogP contribution in [0, 0.1) is 5.92 Å². The minimum Gasteiger partial charge on any atom is -0.396 e. The Labute approximate surface area is 134 Å². The Bertz CT molecular complexity index is 592. The lowest BCUT2D eigenvalue weighted by molar-refractivity contribution is 0.130. The van der Waals surface area contributed by atoms with E-state index in [2.05, 4.69) is 15.0 Å². The lowest BCUT2D eigenvalue weighted by atomic mass is 9.98. The van der Waals surface area contributed by atoms with E-state index in [0.29, 0.717) is 29.3 Å². The molecule has 0 spiro atoms. The van der Waals surface area contributed by atoms with Crippen molar-refractivity contribution in [1.82, 2.24) is 15.0 Å². The molecule has 0 amide bonds. The molecule has 1 fully saturated rings. The molecule has 22 heavy (non-hydrogen) atoms. The van der Waals surface area contributed by atoms with Crippen LogP contribution >= 0.6 is 11.6 Å². The number of nitrogens with zero attached hydrogens (tertiary/aromatic N) is 3. The minimum atomic E-state index is 0.307. The van der Waals surface area contributed by atoms with Crippen LogP contribution in [0.1, 0.15) is 18.7 Å². The second-order valence-electron chi connectivity index (χ2n) is 5.74. The van der Waals surface area contributed by atoms with Crippen LogP contribution in [0.5, 0.6) is 0 Å². The average molecular weight is 322 g/mol. The third-order valence-corrected chi connectivity index (χ3v) is 4.43. The van der Waals surface area contributed by atoms with Crippen LogP contribution in [0.25, 0.3) is 11.4 Å². The molecule has 118 valence electrons. The van der Waals surface area contributed by atoms with Crippen LogP contribution in [0.3, 0.4) is 0 Å². The van der Waals surface area contributed by atoms with Crippen molar-refractivity contribution >= 4 is 11.6 Å². The molecule has 1 aliphatic rings. The van der Waals surface area contributed by atoms with Gasteiger partial charge in [0, 0.05) is 30.2 Å². The first-order valence-corrected chi connectivity index (χ1v) is 8.04. The number of hydrogen-bond donors (Lipinski definition) is 1. The van der Waals surface area contributed by atoms with E-state index in [0.717, 1.165) is 44.5 Å². The maximum Gasteiger partial charge on any atom is 0.228 e. The summed E-state index contributed by atoms with van der Waals surface area (Å²) in [6.07, 6.45) is 2.89. The van der Waals surface area contributed by atoms with Crippen LogP contribution in [-0.2, 0) is 6.42 Å². The molecule has 0 atom stereocenters. The summed E-state index contributed by atoms with van der Waals surface area (Å²) in [5.74, 6) is 1.73. The van der Waals surface area contributed by atoms with Gasteiger partial charge >= 0.3 is 0 Å². The van der Waals surface area contributed by atoms with Crippen molar-refractivity contribution in [2.45, 2.75) is 19.3 Å². The van der Waals surface area contributed by atoms with Crippen molar-refractivity contribution in [2.24, 2.45) is 5.92 Å². The second kappa shape index (κ2) is 7.22. The third kappa shape index (κ3) is 3.85. The summed E-state index contributed by atoms with van der Waals surface area (Å²) in [7, 11) is 0. The molecule has 0 aliphatic carbocycles. The van der Waals surface area contributed by atoms with Crippen LogP contribution in [-0.4, -0.2) is 46.4 Å². The van der Waals surface area contributed by atoms with E-state index in [-0.39, 0.29) is 0 Å². The van der Waals surface area contributed by atoms with Crippen molar-refractivity contribution in [3.05, 3.63) is 35.2 Å². The summed E-state index contributed by atoms with van der Waals surface area (Å²) in [5.41, 5.74) is 0.906. The lowest BCUT2D eigenvalue weighted by Crippen LogP contribution is -2.36. The quantitative estimate of drug-likeness (QED) is 0.917. The summed E-state index contributed by atoms with van der Waals surface area (Å²) in [4.78, 5) is 6.83. The number of aliphatic hydroxyl groups excluding tert-OH is 1. The second-order valence-corrected chi connectivity index (χ2v) is 6.17. The van der Waals surface area contributed by atoms with Gasteiger partial charge in [-0.15, -0.1) is 0 Å². The number of piperidine rings is 1. The maximum atomic E-state index is 9.15. The number of aliphatic hydroxyl groups is 1. The fourth-order valence-electron chi connectivity index (χ4n) is 2.72. The Hall–Kier alpha value is -1.43. The van der Waals surface area contributed by atoms with Crippen molar-refractivity contribution in [1.29, 1.82) is 0 Å². The van der Waals surface area contributed by atoms with Gasteiger partial charge in [0.15, 0.2) is 0 Å². The Morgan fingerprint density at radius 2 is 1.95 bits per heavy atom. The van der Waals surface area contributed by atoms with Gasteiger partial charge in [-0.25, -0.2) is 0 Å². The van der Waals surface area contributed by atoms with E-state index in [1.54, 1.807) is 0 Å². The molecule has 1 aromatic heterocycles. The summed E-state index contributed by atoms with van der Waals surface area (Å²) in [6, 6.07) is 7.41. The number of halogens is 1. The highest BCUT2D eigenvalue weighted by Crippen LogP contribution is 2.19. The molecule has 0 unspecified atom stereocenters. The fourth-order valence-corrected chi connectivity index (χ4v) is 2.84. The Morgan fingerprint density at radius 3 is 2.64 bits per heavy atom. The molecule has 5 nitrogen and oxygen atoms in total. The zero-order valence-electron chi connectivity index (χ0n) is 12.4. The van der Waals surface area contributed by atoms with E-state index in [4.69, 9.17) is 21.2 Å². The van der Waals surface area contributed by atoms with Crippen LogP contribution in [0.2, 0.25) is 5.02 Å². The van der Waals surface area contributed by atoms with Crippen LogP contribution in [0.15, 0.2) is 28.8 Å². The molecule has 0 bridgehead atoms. The minimum absolute atomic E-state index is 0.307. The van der Waals surface area contributed by atoms with Crippen molar-refractivity contribution in [3.63, 3.8) is 0 Å². The zero-order valence-corrected chi connectivity index (χ0v) is 13.2. The number of aromatic nitrogens is 2. The van der Waals surface area contributed by atoms with Gasteiger partial charge in [0.1, 0.15) is 0 Å². The van der Waals surface area contributed by atoms with E-state index >= 15 is 0 Å². The van der Waals surface area contributed by atoms with E-state index in [9.17, 15) is 0 Å². The predicted octanol–water partition coefficient (Wildman–Crippen LogP) is 2.64. The van der Waals surface area contributed by atoms with Crippen molar-refractivity contribution in [2.75, 3.05) is 26.2 Å². The molecule has 6 heteroatoms. The molecular formula is C16H20ClN3O2. The maximum absolute atomic E-state index is 9.15. The molecule has 1 aliphatic heterocycles. The Kier molecular flexibility index (Phi) is 5.08. The fraction of sp³-hybridized carbons (Fsp3) is 0.500. The van der Waals surface area contributed by atoms with Crippen LogP contribution < -0.4 is 0 Å².